The molecule has 4 heteroatoms. The van der Waals surface area contributed by atoms with Gasteiger partial charge in [0.2, 0.25) is 0 Å². The average Bonchev–Trinajstić information content (AvgIpc) is 2.17. The molecule has 0 aromatic heterocycles. The van der Waals surface area contributed by atoms with Gasteiger partial charge in [0, 0.05) is 0 Å². The third kappa shape index (κ3) is 3.65. The monoisotopic (exact) mass is 226 g/mol. The molecule has 1 rings (SSSR count). The van der Waals surface area contributed by atoms with Gasteiger partial charge in [-0.3, -0.25) is 0 Å². The van der Waals surface area contributed by atoms with Crippen molar-refractivity contribution in [3.8, 4) is 0 Å². The molecule has 0 saturated heterocycles. The molecule has 0 radical (unpaired) electrons. The predicted octanol–water partition coefficient (Wildman–Crippen LogP) is 4.49. The molecular formula is C11H18F4. The minimum Gasteiger partial charge on any atom is -0.237 e. The van der Waals surface area contributed by atoms with Crippen LogP contribution in [0.1, 0.15) is 45.4 Å². The molecule has 0 N–H and O–H groups in total. The molecule has 1 atom stereocenters. The fraction of sp³-hybridized carbons (Fsp3) is 1.00. The normalized spacial score (nSPS) is 30.2. The second-order valence-corrected chi connectivity index (χ2v) is 4.51. The van der Waals surface area contributed by atoms with Gasteiger partial charge < -0.3 is 0 Å². The van der Waals surface area contributed by atoms with E-state index in [1.165, 1.54) is 0 Å². The Labute approximate surface area is 88.0 Å². The van der Waals surface area contributed by atoms with E-state index in [4.69, 9.17) is 0 Å². The van der Waals surface area contributed by atoms with E-state index in [0.717, 1.165) is 25.7 Å². The molecule has 1 aliphatic rings. The Morgan fingerprint density at radius 3 is 2.07 bits per heavy atom. The Morgan fingerprint density at radius 1 is 1.13 bits per heavy atom. The molecule has 0 aromatic rings. The molecule has 1 unspecified atom stereocenters. The quantitative estimate of drug-likeness (QED) is 0.622. The molecule has 15 heavy (non-hydrogen) atoms. The minimum atomic E-state index is -4.66. The topological polar surface area (TPSA) is 0 Å². The zero-order chi connectivity index (χ0) is 11.5. The maximum absolute atomic E-state index is 13.0. The molecule has 0 nitrogen and oxygen atoms in total. The maximum atomic E-state index is 13.0. The van der Waals surface area contributed by atoms with Crippen molar-refractivity contribution in [3.63, 3.8) is 0 Å². The first-order valence-electron chi connectivity index (χ1n) is 5.66. The third-order valence-electron chi connectivity index (χ3n) is 3.31. The van der Waals surface area contributed by atoms with E-state index in [1.807, 2.05) is 0 Å². The third-order valence-corrected chi connectivity index (χ3v) is 3.31. The van der Waals surface area contributed by atoms with Crippen LogP contribution >= 0.6 is 0 Å². The molecule has 0 amide bonds. The molecule has 0 aliphatic heterocycles. The van der Waals surface area contributed by atoms with Gasteiger partial charge in [-0.05, 0) is 24.7 Å². The van der Waals surface area contributed by atoms with Crippen molar-refractivity contribution in [3.05, 3.63) is 0 Å². The summed E-state index contributed by atoms with van der Waals surface area (Å²) in [6.45, 7) is 2.07. The minimum absolute atomic E-state index is 0.394. The summed E-state index contributed by atoms with van der Waals surface area (Å²) in [5.74, 6) is -0.273. The molecular weight excluding hydrogens is 208 g/mol. The zero-order valence-electron chi connectivity index (χ0n) is 8.99. The van der Waals surface area contributed by atoms with E-state index in [1.54, 1.807) is 0 Å². The summed E-state index contributed by atoms with van der Waals surface area (Å²) < 4.78 is 49.3. The van der Waals surface area contributed by atoms with E-state index in [-0.39, 0.29) is 0 Å². The average molecular weight is 226 g/mol. The van der Waals surface area contributed by atoms with Crippen LogP contribution in [0.25, 0.3) is 0 Å². The molecule has 0 bridgehead atoms. The van der Waals surface area contributed by atoms with Gasteiger partial charge in [0.25, 0.3) is 0 Å². The summed E-state index contributed by atoms with van der Waals surface area (Å²) in [6, 6.07) is 0. The van der Waals surface area contributed by atoms with Crippen molar-refractivity contribution in [1.82, 2.24) is 0 Å². The van der Waals surface area contributed by atoms with Crippen LogP contribution < -0.4 is 0 Å². The summed E-state index contributed by atoms with van der Waals surface area (Å²) in [4.78, 5) is 0. The van der Waals surface area contributed by atoms with Crippen LogP contribution in [-0.4, -0.2) is 12.3 Å². The van der Waals surface area contributed by atoms with Crippen LogP contribution in [0.3, 0.4) is 0 Å². The number of rotatable bonds is 3. The highest BCUT2D eigenvalue weighted by molar-refractivity contribution is 4.81. The van der Waals surface area contributed by atoms with Crippen molar-refractivity contribution in [1.29, 1.82) is 0 Å². The zero-order valence-corrected chi connectivity index (χ0v) is 8.99. The standard InChI is InChI=1S/C11H18F4/c1-2-3-8-4-6-9(7-5-8)10(12)11(13,14)15/h8-10H,2-7H2,1H3/t8-,9-,10?. The number of alkyl halides is 4. The lowest BCUT2D eigenvalue weighted by Gasteiger charge is -2.31. The fourth-order valence-corrected chi connectivity index (χ4v) is 2.45. The first kappa shape index (κ1) is 12.8. The Balaban J connectivity index is 2.37. The summed E-state index contributed by atoms with van der Waals surface area (Å²) >= 11 is 0. The van der Waals surface area contributed by atoms with Gasteiger partial charge in [0.1, 0.15) is 0 Å². The molecule has 0 heterocycles. The SMILES string of the molecule is CCC[C@H]1CC[C@H](C(F)C(F)(F)F)CC1. The lowest BCUT2D eigenvalue weighted by atomic mass is 9.78. The molecule has 90 valence electrons. The Bertz CT molecular complexity index is 180. The maximum Gasteiger partial charge on any atom is 0.419 e. The van der Waals surface area contributed by atoms with E-state index in [9.17, 15) is 17.6 Å². The Morgan fingerprint density at radius 2 is 1.67 bits per heavy atom. The van der Waals surface area contributed by atoms with Crippen molar-refractivity contribution in [2.75, 3.05) is 0 Å². The van der Waals surface area contributed by atoms with Crippen LogP contribution in [0.2, 0.25) is 0 Å². The van der Waals surface area contributed by atoms with Crippen LogP contribution in [0, 0.1) is 11.8 Å². The number of hydrogen-bond acceptors (Lipinski definition) is 0. The molecule has 0 aromatic carbocycles. The highest BCUT2D eigenvalue weighted by atomic mass is 19.4. The van der Waals surface area contributed by atoms with Crippen LogP contribution in [0.5, 0.6) is 0 Å². The number of halogens is 4. The van der Waals surface area contributed by atoms with E-state index in [0.29, 0.717) is 18.8 Å². The van der Waals surface area contributed by atoms with Gasteiger partial charge in [-0.25, -0.2) is 4.39 Å². The van der Waals surface area contributed by atoms with Crippen LogP contribution in [0.4, 0.5) is 17.6 Å². The number of hydrogen-bond donors (Lipinski definition) is 0. The Hall–Kier alpha value is -0.280. The summed E-state index contributed by atoms with van der Waals surface area (Å²) in [5, 5.41) is 0. The van der Waals surface area contributed by atoms with E-state index < -0.39 is 18.3 Å². The van der Waals surface area contributed by atoms with Gasteiger partial charge in [0.15, 0.2) is 6.17 Å². The highest BCUT2D eigenvalue weighted by Crippen LogP contribution is 2.39. The second-order valence-electron chi connectivity index (χ2n) is 4.51. The highest BCUT2D eigenvalue weighted by Gasteiger charge is 2.45. The van der Waals surface area contributed by atoms with Crippen molar-refractivity contribution in [2.45, 2.75) is 57.8 Å². The molecule has 1 aliphatic carbocycles. The first-order chi connectivity index (χ1) is 6.95. The van der Waals surface area contributed by atoms with Crippen molar-refractivity contribution >= 4 is 0 Å². The predicted molar refractivity (Wildman–Crippen MR) is 51.3 cm³/mol. The van der Waals surface area contributed by atoms with Gasteiger partial charge in [-0.2, -0.15) is 13.2 Å². The lowest BCUT2D eigenvalue weighted by molar-refractivity contribution is -0.197. The van der Waals surface area contributed by atoms with Gasteiger partial charge in [-0.1, -0.05) is 32.6 Å². The smallest absolute Gasteiger partial charge is 0.237 e. The van der Waals surface area contributed by atoms with E-state index >= 15 is 0 Å². The van der Waals surface area contributed by atoms with Crippen LogP contribution in [-0.2, 0) is 0 Å². The van der Waals surface area contributed by atoms with Gasteiger partial charge in [0.05, 0.1) is 0 Å². The fourth-order valence-electron chi connectivity index (χ4n) is 2.45. The summed E-state index contributed by atoms with van der Waals surface area (Å²) in [6.07, 6.45) is -2.84. The van der Waals surface area contributed by atoms with Gasteiger partial charge >= 0.3 is 6.18 Å². The van der Waals surface area contributed by atoms with Gasteiger partial charge in [-0.15, -0.1) is 0 Å². The molecule has 1 fully saturated rings. The second kappa shape index (κ2) is 5.17. The molecule has 1 saturated carbocycles. The molecule has 0 spiro atoms. The lowest BCUT2D eigenvalue weighted by Crippen LogP contribution is -2.34. The summed E-state index contributed by atoms with van der Waals surface area (Å²) in [5.41, 5.74) is 0. The largest absolute Gasteiger partial charge is 0.419 e. The summed E-state index contributed by atoms with van der Waals surface area (Å²) in [7, 11) is 0. The van der Waals surface area contributed by atoms with Crippen LogP contribution in [0.15, 0.2) is 0 Å². The van der Waals surface area contributed by atoms with E-state index in [2.05, 4.69) is 6.92 Å². The first-order valence-corrected chi connectivity index (χ1v) is 5.66. The van der Waals surface area contributed by atoms with Crippen molar-refractivity contribution in [2.24, 2.45) is 11.8 Å². The Kier molecular flexibility index (Phi) is 4.41. The van der Waals surface area contributed by atoms with Crippen molar-refractivity contribution < 1.29 is 17.6 Å².